The molecule has 1 saturated carbocycles. The molecule has 2 rings (SSSR count). The normalized spacial score (nSPS) is 16.1. The molecule has 0 atom stereocenters. The summed E-state index contributed by atoms with van der Waals surface area (Å²) in [5.74, 6) is 1.78. The number of aryl methyl sites for hydroxylation is 1. The van der Waals surface area contributed by atoms with E-state index in [1.165, 1.54) is 12.8 Å². The van der Waals surface area contributed by atoms with Gasteiger partial charge in [-0.25, -0.2) is 0 Å². The molecule has 0 aliphatic heterocycles. The lowest BCUT2D eigenvalue weighted by Gasteiger charge is -2.03. The van der Waals surface area contributed by atoms with Gasteiger partial charge in [-0.3, -0.25) is 0 Å². The average Bonchev–Trinajstić information content (AvgIpc) is 2.87. The monoisotopic (exact) mass is 161 g/mol. The molecule has 1 aliphatic carbocycles. The third kappa shape index (κ3) is 2.00. The standard InChI is InChI=1S/C11H13O/c1-9-2-6-11(7-3-9)12-8-10-4-5-10/h2,6-7,10H,4-5,8H2,1H3. The highest BCUT2D eigenvalue weighted by Crippen LogP contribution is 2.29. The fraction of sp³-hybridized carbons (Fsp3) is 0.455. The van der Waals surface area contributed by atoms with Crippen LogP contribution in [0, 0.1) is 18.9 Å². The summed E-state index contributed by atoms with van der Waals surface area (Å²) in [6, 6.07) is 9.07. The molecule has 0 spiro atoms. The maximum Gasteiger partial charge on any atom is 0.119 e. The third-order valence-corrected chi connectivity index (χ3v) is 2.12. The summed E-state index contributed by atoms with van der Waals surface area (Å²) >= 11 is 0. The smallest absolute Gasteiger partial charge is 0.119 e. The molecular formula is C11H13O. The van der Waals surface area contributed by atoms with E-state index in [1.807, 2.05) is 25.1 Å². The van der Waals surface area contributed by atoms with Crippen molar-refractivity contribution in [1.29, 1.82) is 0 Å². The van der Waals surface area contributed by atoms with Crippen molar-refractivity contribution < 1.29 is 4.74 Å². The summed E-state index contributed by atoms with van der Waals surface area (Å²) in [5.41, 5.74) is 1.16. The van der Waals surface area contributed by atoms with Crippen LogP contribution < -0.4 is 4.74 Å². The van der Waals surface area contributed by atoms with E-state index in [0.717, 1.165) is 23.8 Å². The lowest BCUT2D eigenvalue weighted by atomic mass is 10.2. The van der Waals surface area contributed by atoms with E-state index in [1.54, 1.807) is 0 Å². The van der Waals surface area contributed by atoms with Crippen LogP contribution in [-0.2, 0) is 0 Å². The highest BCUT2D eigenvalue weighted by atomic mass is 16.5. The van der Waals surface area contributed by atoms with Crippen LogP contribution in [-0.4, -0.2) is 6.61 Å². The van der Waals surface area contributed by atoms with Crippen LogP contribution >= 0.6 is 0 Å². The fourth-order valence-electron chi connectivity index (χ4n) is 1.08. The molecule has 1 radical (unpaired) electrons. The van der Waals surface area contributed by atoms with Gasteiger partial charge in [-0.05, 0) is 49.4 Å². The van der Waals surface area contributed by atoms with E-state index < -0.39 is 0 Å². The van der Waals surface area contributed by atoms with Gasteiger partial charge in [0.1, 0.15) is 5.75 Å². The molecule has 0 aromatic heterocycles. The van der Waals surface area contributed by atoms with Crippen LogP contribution in [0.15, 0.2) is 18.2 Å². The van der Waals surface area contributed by atoms with Gasteiger partial charge in [-0.1, -0.05) is 6.07 Å². The summed E-state index contributed by atoms with van der Waals surface area (Å²) in [5, 5.41) is 0. The van der Waals surface area contributed by atoms with Crippen molar-refractivity contribution in [3.05, 3.63) is 29.8 Å². The van der Waals surface area contributed by atoms with Gasteiger partial charge in [0.05, 0.1) is 6.61 Å². The zero-order valence-electron chi connectivity index (χ0n) is 7.34. The molecule has 0 N–H and O–H groups in total. The molecule has 1 fully saturated rings. The lowest BCUT2D eigenvalue weighted by molar-refractivity contribution is 0.299. The predicted molar refractivity (Wildman–Crippen MR) is 48.2 cm³/mol. The summed E-state index contributed by atoms with van der Waals surface area (Å²) in [6.45, 7) is 2.92. The first-order valence-corrected chi connectivity index (χ1v) is 4.46. The highest BCUT2D eigenvalue weighted by molar-refractivity contribution is 5.25. The minimum Gasteiger partial charge on any atom is -0.493 e. The number of ether oxygens (including phenoxy) is 1. The molecular weight excluding hydrogens is 148 g/mol. The minimum absolute atomic E-state index is 0.825. The van der Waals surface area contributed by atoms with Crippen molar-refractivity contribution in [2.24, 2.45) is 5.92 Å². The fourth-order valence-corrected chi connectivity index (χ4v) is 1.08. The Morgan fingerprint density at radius 3 is 2.92 bits per heavy atom. The average molecular weight is 161 g/mol. The van der Waals surface area contributed by atoms with Gasteiger partial charge in [-0.15, -0.1) is 0 Å². The number of rotatable bonds is 3. The lowest BCUT2D eigenvalue weighted by Crippen LogP contribution is -1.98. The first-order chi connectivity index (χ1) is 5.84. The molecule has 1 aromatic carbocycles. The van der Waals surface area contributed by atoms with Crippen LogP contribution in [0.1, 0.15) is 18.4 Å². The first kappa shape index (κ1) is 7.66. The van der Waals surface area contributed by atoms with E-state index in [2.05, 4.69) is 6.07 Å². The summed E-state index contributed by atoms with van der Waals surface area (Å²) < 4.78 is 5.55. The Bertz CT molecular complexity index is 246. The van der Waals surface area contributed by atoms with Gasteiger partial charge in [-0.2, -0.15) is 0 Å². The number of benzene rings is 1. The van der Waals surface area contributed by atoms with Gasteiger partial charge in [0.25, 0.3) is 0 Å². The molecule has 1 nitrogen and oxygen atoms in total. The van der Waals surface area contributed by atoms with Crippen molar-refractivity contribution in [1.82, 2.24) is 0 Å². The molecule has 1 aromatic rings. The van der Waals surface area contributed by atoms with Gasteiger partial charge >= 0.3 is 0 Å². The van der Waals surface area contributed by atoms with Crippen LogP contribution in [0.3, 0.4) is 0 Å². The topological polar surface area (TPSA) is 9.23 Å². The van der Waals surface area contributed by atoms with Gasteiger partial charge in [0, 0.05) is 0 Å². The van der Waals surface area contributed by atoms with Crippen molar-refractivity contribution in [2.45, 2.75) is 19.8 Å². The van der Waals surface area contributed by atoms with Crippen LogP contribution in [0.5, 0.6) is 5.75 Å². The van der Waals surface area contributed by atoms with Crippen molar-refractivity contribution in [3.63, 3.8) is 0 Å². The Hall–Kier alpha value is -0.980. The highest BCUT2D eigenvalue weighted by Gasteiger charge is 2.21. The van der Waals surface area contributed by atoms with E-state index in [-0.39, 0.29) is 0 Å². The zero-order chi connectivity index (χ0) is 8.39. The van der Waals surface area contributed by atoms with Gasteiger partial charge in [0.15, 0.2) is 0 Å². The summed E-state index contributed by atoms with van der Waals surface area (Å²) in [7, 11) is 0. The third-order valence-electron chi connectivity index (χ3n) is 2.12. The predicted octanol–water partition coefficient (Wildman–Crippen LogP) is 2.58. The van der Waals surface area contributed by atoms with Crippen LogP contribution in [0.2, 0.25) is 0 Å². The van der Waals surface area contributed by atoms with Crippen molar-refractivity contribution >= 4 is 0 Å². The quantitative estimate of drug-likeness (QED) is 0.662. The van der Waals surface area contributed by atoms with E-state index >= 15 is 0 Å². The largest absolute Gasteiger partial charge is 0.493 e. The molecule has 0 unspecified atom stereocenters. The summed E-state index contributed by atoms with van der Waals surface area (Å²) in [4.78, 5) is 0. The van der Waals surface area contributed by atoms with Crippen molar-refractivity contribution in [3.8, 4) is 5.75 Å². The second-order valence-corrected chi connectivity index (χ2v) is 3.46. The van der Waals surface area contributed by atoms with Crippen LogP contribution in [0.25, 0.3) is 0 Å². The zero-order valence-corrected chi connectivity index (χ0v) is 7.34. The molecule has 0 saturated heterocycles. The second kappa shape index (κ2) is 3.18. The SMILES string of the molecule is Cc1[c]cc(OCC2CC2)cc1. The Labute approximate surface area is 73.4 Å². The van der Waals surface area contributed by atoms with E-state index in [0.29, 0.717) is 0 Å². The Morgan fingerprint density at radius 2 is 2.33 bits per heavy atom. The molecule has 0 bridgehead atoms. The molecule has 63 valence electrons. The summed E-state index contributed by atoms with van der Waals surface area (Å²) in [6.07, 6.45) is 2.69. The van der Waals surface area contributed by atoms with E-state index in [9.17, 15) is 0 Å². The second-order valence-electron chi connectivity index (χ2n) is 3.46. The number of hydrogen-bond donors (Lipinski definition) is 0. The Balaban J connectivity index is 1.89. The maximum absolute atomic E-state index is 5.55. The Kier molecular flexibility index (Phi) is 2.03. The molecule has 0 heterocycles. The molecule has 1 aliphatic rings. The first-order valence-electron chi connectivity index (χ1n) is 4.46. The van der Waals surface area contributed by atoms with E-state index in [4.69, 9.17) is 4.74 Å². The number of hydrogen-bond acceptors (Lipinski definition) is 1. The van der Waals surface area contributed by atoms with Gasteiger partial charge < -0.3 is 4.74 Å². The molecule has 0 amide bonds. The maximum atomic E-state index is 5.55. The molecule has 1 heteroatoms. The van der Waals surface area contributed by atoms with Gasteiger partial charge in [0.2, 0.25) is 0 Å². The minimum atomic E-state index is 0.825. The van der Waals surface area contributed by atoms with Crippen LogP contribution in [0.4, 0.5) is 0 Å². The van der Waals surface area contributed by atoms with Crippen molar-refractivity contribution in [2.75, 3.05) is 6.61 Å². The molecule has 12 heavy (non-hydrogen) atoms. The Morgan fingerprint density at radius 1 is 1.50 bits per heavy atom.